The fraction of sp³-hybridized carbons (Fsp3) is 1.00. The van der Waals surface area contributed by atoms with Crippen molar-refractivity contribution in [3.05, 3.63) is 0 Å². The third kappa shape index (κ3) is 4.04. The molecule has 0 amide bonds. The van der Waals surface area contributed by atoms with E-state index >= 15 is 0 Å². The fourth-order valence-corrected chi connectivity index (χ4v) is 2.45. The van der Waals surface area contributed by atoms with E-state index in [-0.39, 0.29) is 12.2 Å². The SMILES string of the molecule is CCCC(C)C(O)C1CN(CCC)CCO1. The molecule has 1 fully saturated rings. The molecule has 1 rings (SSSR count). The second-order valence-electron chi connectivity index (χ2n) is 4.97. The number of hydrogen-bond donors (Lipinski definition) is 1. The van der Waals surface area contributed by atoms with Crippen LogP contribution in [-0.4, -0.2) is 48.5 Å². The minimum atomic E-state index is -0.306. The number of ether oxygens (including phenoxy) is 1. The van der Waals surface area contributed by atoms with Crippen LogP contribution >= 0.6 is 0 Å². The lowest BCUT2D eigenvalue weighted by Crippen LogP contribution is -2.49. The van der Waals surface area contributed by atoms with E-state index in [1.54, 1.807) is 0 Å². The lowest BCUT2D eigenvalue weighted by molar-refractivity contribution is -0.104. The van der Waals surface area contributed by atoms with Gasteiger partial charge in [-0.05, 0) is 25.3 Å². The Labute approximate surface area is 99.8 Å². The largest absolute Gasteiger partial charge is 0.390 e. The van der Waals surface area contributed by atoms with Gasteiger partial charge in [0.05, 0.1) is 18.8 Å². The van der Waals surface area contributed by atoms with Crippen LogP contribution in [-0.2, 0) is 4.74 Å². The molecule has 3 atom stereocenters. The molecule has 0 saturated carbocycles. The van der Waals surface area contributed by atoms with Crippen LogP contribution in [0.3, 0.4) is 0 Å². The Hall–Kier alpha value is -0.120. The minimum absolute atomic E-state index is 0.0156. The van der Waals surface area contributed by atoms with Gasteiger partial charge in [-0.1, -0.05) is 27.2 Å². The van der Waals surface area contributed by atoms with Crippen molar-refractivity contribution in [2.45, 2.75) is 52.2 Å². The van der Waals surface area contributed by atoms with Gasteiger partial charge in [0.2, 0.25) is 0 Å². The zero-order chi connectivity index (χ0) is 12.0. The van der Waals surface area contributed by atoms with E-state index in [0.717, 1.165) is 39.1 Å². The predicted octanol–water partition coefficient (Wildman–Crippen LogP) is 1.89. The van der Waals surface area contributed by atoms with Crippen molar-refractivity contribution in [1.82, 2.24) is 4.90 Å². The zero-order valence-electron chi connectivity index (χ0n) is 11.0. The number of aliphatic hydroxyl groups is 1. The highest BCUT2D eigenvalue weighted by Gasteiger charge is 2.29. The molecule has 0 radical (unpaired) electrons. The summed E-state index contributed by atoms with van der Waals surface area (Å²) in [7, 11) is 0. The summed E-state index contributed by atoms with van der Waals surface area (Å²) < 4.78 is 5.69. The molecule has 96 valence electrons. The molecule has 16 heavy (non-hydrogen) atoms. The van der Waals surface area contributed by atoms with Crippen molar-refractivity contribution in [3.63, 3.8) is 0 Å². The highest BCUT2D eigenvalue weighted by Crippen LogP contribution is 2.18. The smallest absolute Gasteiger partial charge is 0.0963 e. The zero-order valence-corrected chi connectivity index (χ0v) is 11.0. The van der Waals surface area contributed by atoms with Gasteiger partial charge in [-0.3, -0.25) is 4.90 Å². The normalized spacial score (nSPS) is 26.6. The Balaban J connectivity index is 2.39. The number of rotatable bonds is 6. The summed E-state index contributed by atoms with van der Waals surface area (Å²) in [6.07, 6.45) is 3.09. The summed E-state index contributed by atoms with van der Waals surface area (Å²) in [5.41, 5.74) is 0. The molecule has 1 saturated heterocycles. The Bertz CT molecular complexity index is 181. The van der Waals surface area contributed by atoms with Crippen LogP contribution in [0.25, 0.3) is 0 Å². The van der Waals surface area contributed by atoms with Crippen molar-refractivity contribution in [1.29, 1.82) is 0 Å². The second-order valence-corrected chi connectivity index (χ2v) is 4.97. The van der Waals surface area contributed by atoms with E-state index < -0.39 is 0 Å². The third-order valence-corrected chi connectivity index (χ3v) is 3.43. The van der Waals surface area contributed by atoms with E-state index in [1.165, 1.54) is 6.42 Å². The minimum Gasteiger partial charge on any atom is -0.390 e. The van der Waals surface area contributed by atoms with Crippen LogP contribution < -0.4 is 0 Å². The molecule has 0 bridgehead atoms. The van der Waals surface area contributed by atoms with Gasteiger partial charge in [-0.2, -0.15) is 0 Å². The summed E-state index contributed by atoms with van der Waals surface area (Å²) in [5, 5.41) is 10.2. The third-order valence-electron chi connectivity index (χ3n) is 3.43. The Morgan fingerprint density at radius 3 is 2.75 bits per heavy atom. The Kier molecular flexibility index (Phi) is 6.32. The summed E-state index contributed by atoms with van der Waals surface area (Å²) >= 11 is 0. The maximum absolute atomic E-state index is 10.2. The van der Waals surface area contributed by atoms with Gasteiger partial charge in [-0.25, -0.2) is 0 Å². The lowest BCUT2D eigenvalue weighted by Gasteiger charge is -2.36. The second kappa shape index (κ2) is 7.25. The Morgan fingerprint density at radius 2 is 2.12 bits per heavy atom. The van der Waals surface area contributed by atoms with Gasteiger partial charge >= 0.3 is 0 Å². The average Bonchev–Trinajstić information content (AvgIpc) is 2.29. The molecule has 0 aromatic heterocycles. The van der Waals surface area contributed by atoms with Gasteiger partial charge in [0.25, 0.3) is 0 Å². The molecule has 1 aliphatic rings. The van der Waals surface area contributed by atoms with Crippen LogP contribution in [0.15, 0.2) is 0 Å². The predicted molar refractivity (Wildman–Crippen MR) is 66.5 cm³/mol. The Morgan fingerprint density at radius 1 is 1.38 bits per heavy atom. The van der Waals surface area contributed by atoms with Gasteiger partial charge in [0.1, 0.15) is 0 Å². The number of morpholine rings is 1. The molecule has 3 unspecified atom stereocenters. The quantitative estimate of drug-likeness (QED) is 0.755. The molecule has 0 spiro atoms. The maximum Gasteiger partial charge on any atom is 0.0963 e. The van der Waals surface area contributed by atoms with E-state index in [9.17, 15) is 5.11 Å². The highest BCUT2D eigenvalue weighted by atomic mass is 16.5. The number of nitrogens with zero attached hydrogens (tertiary/aromatic N) is 1. The lowest BCUT2D eigenvalue weighted by atomic mass is 9.94. The average molecular weight is 229 g/mol. The molecule has 1 aliphatic heterocycles. The summed E-state index contributed by atoms with van der Waals surface area (Å²) in [6, 6.07) is 0. The van der Waals surface area contributed by atoms with Crippen molar-refractivity contribution in [2.75, 3.05) is 26.2 Å². The highest BCUT2D eigenvalue weighted by molar-refractivity contribution is 4.80. The van der Waals surface area contributed by atoms with Gasteiger partial charge in [0, 0.05) is 13.1 Å². The van der Waals surface area contributed by atoms with Crippen molar-refractivity contribution in [2.24, 2.45) is 5.92 Å². The molecule has 0 aliphatic carbocycles. The van der Waals surface area contributed by atoms with Crippen molar-refractivity contribution in [3.8, 4) is 0 Å². The van der Waals surface area contributed by atoms with Gasteiger partial charge in [-0.15, -0.1) is 0 Å². The summed E-state index contributed by atoms with van der Waals surface area (Å²) in [5.74, 6) is 0.344. The standard InChI is InChI=1S/C13H27NO2/c1-4-6-11(3)13(15)12-10-14(7-5-2)8-9-16-12/h11-13,15H,4-10H2,1-3H3. The first-order valence-electron chi connectivity index (χ1n) is 6.71. The first-order valence-corrected chi connectivity index (χ1v) is 6.71. The van der Waals surface area contributed by atoms with Gasteiger partial charge < -0.3 is 9.84 Å². The van der Waals surface area contributed by atoms with Crippen molar-refractivity contribution >= 4 is 0 Å². The van der Waals surface area contributed by atoms with E-state index in [0.29, 0.717) is 5.92 Å². The van der Waals surface area contributed by atoms with Crippen LogP contribution in [0.5, 0.6) is 0 Å². The molecular formula is C13H27NO2. The summed E-state index contributed by atoms with van der Waals surface area (Å²) in [6.45, 7) is 10.3. The first kappa shape index (κ1) is 13.9. The molecule has 1 N–H and O–H groups in total. The van der Waals surface area contributed by atoms with Crippen LogP contribution in [0.1, 0.15) is 40.0 Å². The molecule has 0 aromatic rings. The fourth-order valence-electron chi connectivity index (χ4n) is 2.45. The maximum atomic E-state index is 10.2. The molecule has 3 nitrogen and oxygen atoms in total. The first-order chi connectivity index (χ1) is 7.69. The number of aliphatic hydroxyl groups excluding tert-OH is 1. The van der Waals surface area contributed by atoms with Crippen LogP contribution in [0.4, 0.5) is 0 Å². The van der Waals surface area contributed by atoms with E-state index in [2.05, 4.69) is 25.7 Å². The van der Waals surface area contributed by atoms with Crippen LogP contribution in [0, 0.1) is 5.92 Å². The molecule has 1 heterocycles. The van der Waals surface area contributed by atoms with Gasteiger partial charge in [0.15, 0.2) is 0 Å². The summed E-state index contributed by atoms with van der Waals surface area (Å²) in [4.78, 5) is 2.40. The van der Waals surface area contributed by atoms with E-state index in [1.807, 2.05) is 0 Å². The molecule has 0 aromatic carbocycles. The molecular weight excluding hydrogens is 202 g/mol. The molecule has 3 heteroatoms. The topological polar surface area (TPSA) is 32.7 Å². The number of hydrogen-bond acceptors (Lipinski definition) is 3. The van der Waals surface area contributed by atoms with Crippen LogP contribution in [0.2, 0.25) is 0 Å². The van der Waals surface area contributed by atoms with Crippen molar-refractivity contribution < 1.29 is 9.84 Å². The monoisotopic (exact) mass is 229 g/mol. The van der Waals surface area contributed by atoms with E-state index in [4.69, 9.17) is 4.74 Å².